The van der Waals surface area contributed by atoms with E-state index in [1.54, 1.807) is 13.2 Å². The van der Waals surface area contributed by atoms with Gasteiger partial charge in [0, 0.05) is 11.6 Å². The monoisotopic (exact) mass is 179 g/mol. The van der Waals surface area contributed by atoms with Gasteiger partial charge in [0.2, 0.25) is 0 Å². The molecule has 13 heavy (non-hydrogen) atoms. The SMILES string of the molecule is COc1cccc([C@@H]2CCN2)c1O. The fourth-order valence-electron chi connectivity index (χ4n) is 1.54. The Balaban J connectivity index is 2.33. The highest BCUT2D eigenvalue weighted by molar-refractivity contribution is 5.47. The maximum Gasteiger partial charge on any atom is 0.162 e. The van der Waals surface area contributed by atoms with Gasteiger partial charge in [-0.3, -0.25) is 0 Å². The lowest BCUT2D eigenvalue weighted by Crippen LogP contribution is -2.34. The third-order valence-corrected chi connectivity index (χ3v) is 2.45. The molecule has 1 aromatic carbocycles. The van der Waals surface area contributed by atoms with Crippen molar-refractivity contribution < 1.29 is 9.84 Å². The maximum absolute atomic E-state index is 9.76. The third kappa shape index (κ3) is 1.35. The zero-order valence-electron chi connectivity index (χ0n) is 7.58. The number of para-hydroxylation sites is 1. The van der Waals surface area contributed by atoms with E-state index in [2.05, 4.69) is 5.32 Å². The summed E-state index contributed by atoms with van der Waals surface area (Å²) in [6.07, 6.45) is 1.08. The van der Waals surface area contributed by atoms with Crippen LogP contribution in [-0.4, -0.2) is 18.8 Å². The number of hydrogen-bond donors (Lipinski definition) is 2. The molecule has 0 spiro atoms. The predicted octanol–water partition coefficient (Wildman–Crippen LogP) is 1.44. The Bertz CT molecular complexity index is 308. The summed E-state index contributed by atoms with van der Waals surface area (Å²) < 4.78 is 5.03. The van der Waals surface area contributed by atoms with Crippen molar-refractivity contribution in [2.75, 3.05) is 13.7 Å². The van der Waals surface area contributed by atoms with Crippen LogP contribution < -0.4 is 10.1 Å². The van der Waals surface area contributed by atoms with E-state index in [0.29, 0.717) is 11.8 Å². The largest absolute Gasteiger partial charge is 0.504 e. The quantitative estimate of drug-likeness (QED) is 0.721. The van der Waals surface area contributed by atoms with Crippen LogP contribution in [0.4, 0.5) is 0 Å². The normalized spacial score (nSPS) is 20.8. The Morgan fingerprint density at radius 1 is 1.54 bits per heavy atom. The zero-order valence-corrected chi connectivity index (χ0v) is 7.58. The van der Waals surface area contributed by atoms with Crippen LogP contribution in [0.25, 0.3) is 0 Å². The minimum Gasteiger partial charge on any atom is -0.504 e. The number of ether oxygens (including phenoxy) is 1. The van der Waals surface area contributed by atoms with Crippen molar-refractivity contribution in [1.29, 1.82) is 0 Å². The fourth-order valence-corrected chi connectivity index (χ4v) is 1.54. The van der Waals surface area contributed by atoms with Gasteiger partial charge in [0.1, 0.15) is 0 Å². The molecule has 3 nitrogen and oxygen atoms in total. The molecule has 1 saturated heterocycles. The van der Waals surface area contributed by atoms with E-state index in [1.807, 2.05) is 12.1 Å². The van der Waals surface area contributed by atoms with E-state index >= 15 is 0 Å². The minimum absolute atomic E-state index is 0.266. The number of aromatic hydroxyl groups is 1. The van der Waals surface area contributed by atoms with Crippen molar-refractivity contribution in [2.24, 2.45) is 0 Å². The lowest BCUT2D eigenvalue weighted by Gasteiger charge is -2.28. The van der Waals surface area contributed by atoms with E-state index in [9.17, 15) is 5.11 Å². The Morgan fingerprint density at radius 3 is 2.85 bits per heavy atom. The average molecular weight is 179 g/mol. The first-order valence-corrected chi connectivity index (χ1v) is 4.42. The summed E-state index contributed by atoms with van der Waals surface area (Å²) in [6, 6.07) is 5.88. The standard InChI is InChI=1S/C10H13NO2/c1-13-9-4-2-3-7(10(9)12)8-5-6-11-8/h2-4,8,11-12H,5-6H2,1H3/t8-/m0/s1. The van der Waals surface area contributed by atoms with Gasteiger partial charge in [-0.15, -0.1) is 0 Å². The van der Waals surface area contributed by atoms with Crippen molar-refractivity contribution in [3.8, 4) is 11.5 Å². The topological polar surface area (TPSA) is 41.5 Å². The zero-order chi connectivity index (χ0) is 9.26. The van der Waals surface area contributed by atoms with Gasteiger partial charge in [-0.2, -0.15) is 0 Å². The van der Waals surface area contributed by atoms with Gasteiger partial charge in [-0.25, -0.2) is 0 Å². The van der Waals surface area contributed by atoms with Gasteiger partial charge in [0.15, 0.2) is 11.5 Å². The summed E-state index contributed by atoms with van der Waals surface area (Å²) >= 11 is 0. The molecule has 2 N–H and O–H groups in total. The van der Waals surface area contributed by atoms with Gasteiger partial charge in [0.05, 0.1) is 7.11 Å². The van der Waals surface area contributed by atoms with Crippen molar-refractivity contribution in [3.63, 3.8) is 0 Å². The van der Waals surface area contributed by atoms with Gasteiger partial charge in [-0.1, -0.05) is 12.1 Å². The maximum atomic E-state index is 9.76. The van der Waals surface area contributed by atoms with Crippen LogP contribution >= 0.6 is 0 Å². The summed E-state index contributed by atoms with van der Waals surface area (Å²) in [5.74, 6) is 0.813. The highest BCUT2D eigenvalue weighted by atomic mass is 16.5. The van der Waals surface area contributed by atoms with Crippen LogP contribution in [0.2, 0.25) is 0 Å². The number of hydrogen-bond acceptors (Lipinski definition) is 3. The molecular weight excluding hydrogens is 166 g/mol. The first kappa shape index (κ1) is 8.38. The number of phenols is 1. The molecule has 3 heteroatoms. The summed E-state index contributed by atoms with van der Waals surface area (Å²) in [6.45, 7) is 1.03. The number of methoxy groups -OCH3 is 1. The number of rotatable bonds is 2. The summed E-state index contributed by atoms with van der Waals surface area (Å²) in [7, 11) is 1.56. The molecule has 0 bridgehead atoms. The molecule has 0 unspecified atom stereocenters. The summed E-state index contributed by atoms with van der Waals surface area (Å²) in [5, 5.41) is 13.0. The highest BCUT2D eigenvalue weighted by Gasteiger charge is 2.22. The lowest BCUT2D eigenvalue weighted by molar-refractivity contribution is 0.342. The van der Waals surface area contributed by atoms with Crippen LogP contribution in [0.3, 0.4) is 0 Å². The second kappa shape index (κ2) is 3.26. The minimum atomic E-state index is 0.266. The molecule has 0 aliphatic carbocycles. The van der Waals surface area contributed by atoms with E-state index in [4.69, 9.17) is 4.74 Å². The Labute approximate surface area is 77.3 Å². The molecule has 1 aromatic rings. The molecule has 1 aliphatic heterocycles. The molecule has 1 fully saturated rings. The molecule has 2 rings (SSSR count). The molecule has 0 aromatic heterocycles. The molecule has 0 radical (unpaired) electrons. The highest BCUT2D eigenvalue weighted by Crippen LogP contribution is 2.36. The van der Waals surface area contributed by atoms with Gasteiger partial charge in [0.25, 0.3) is 0 Å². The number of phenolic OH excluding ortho intramolecular Hbond substituents is 1. The number of nitrogens with one attached hydrogen (secondary N) is 1. The van der Waals surface area contributed by atoms with E-state index in [0.717, 1.165) is 18.5 Å². The molecular formula is C10H13NO2. The van der Waals surface area contributed by atoms with Crippen molar-refractivity contribution in [1.82, 2.24) is 5.32 Å². The molecule has 70 valence electrons. The molecule has 0 amide bonds. The first-order valence-electron chi connectivity index (χ1n) is 4.42. The van der Waals surface area contributed by atoms with Crippen LogP contribution in [0.5, 0.6) is 11.5 Å². The average Bonchev–Trinajstić information content (AvgIpc) is 2.05. The third-order valence-electron chi connectivity index (χ3n) is 2.45. The van der Waals surface area contributed by atoms with Crippen LogP contribution in [0.15, 0.2) is 18.2 Å². The van der Waals surface area contributed by atoms with Gasteiger partial charge in [-0.05, 0) is 19.0 Å². The second-order valence-corrected chi connectivity index (χ2v) is 3.19. The lowest BCUT2D eigenvalue weighted by atomic mass is 9.97. The van der Waals surface area contributed by atoms with E-state index in [-0.39, 0.29) is 5.75 Å². The van der Waals surface area contributed by atoms with Crippen LogP contribution in [0.1, 0.15) is 18.0 Å². The predicted molar refractivity (Wildman–Crippen MR) is 50.0 cm³/mol. The van der Waals surface area contributed by atoms with Crippen molar-refractivity contribution in [3.05, 3.63) is 23.8 Å². The van der Waals surface area contributed by atoms with Crippen LogP contribution in [-0.2, 0) is 0 Å². The van der Waals surface area contributed by atoms with E-state index < -0.39 is 0 Å². The molecule has 1 atom stereocenters. The van der Waals surface area contributed by atoms with E-state index in [1.165, 1.54) is 0 Å². The molecule has 0 saturated carbocycles. The van der Waals surface area contributed by atoms with Gasteiger partial charge < -0.3 is 15.2 Å². The molecule has 1 aliphatic rings. The Hall–Kier alpha value is -1.22. The number of benzene rings is 1. The van der Waals surface area contributed by atoms with Crippen molar-refractivity contribution in [2.45, 2.75) is 12.5 Å². The van der Waals surface area contributed by atoms with Crippen LogP contribution in [0, 0.1) is 0 Å². The summed E-state index contributed by atoms with van der Waals surface area (Å²) in [4.78, 5) is 0. The van der Waals surface area contributed by atoms with Gasteiger partial charge >= 0.3 is 0 Å². The fraction of sp³-hybridized carbons (Fsp3) is 0.400. The molecule has 1 heterocycles. The Kier molecular flexibility index (Phi) is 2.10. The smallest absolute Gasteiger partial charge is 0.162 e. The first-order chi connectivity index (χ1) is 6.33. The Morgan fingerprint density at radius 2 is 2.31 bits per heavy atom. The van der Waals surface area contributed by atoms with Crippen molar-refractivity contribution >= 4 is 0 Å². The summed E-state index contributed by atoms with van der Waals surface area (Å²) in [5.41, 5.74) is 0.936. The second-order valence-electron chi connectivity index (χ2n) is 3.19.